The maximum absolute atomic E-state index is 5.69. The average Bonchev–Trinajstić information content (AvgIpc) is 2.44. The highest BCUT2D eigenvalue weighted by molar-refractivity contribution is 7.99. The predicted octanol–water partition coefficient (Wildman–Crippen LogP) is 4.66. The molecule has 1 atom stereocenters. The van der Waals surface area contributed by atoms with E-state index in [2.05, 4.69) is 43.5 Å². The molecule has 3 N–H and O–H groups in total. The second-order valence-corrected chi connectivity index (χ2v) is 6.26. The van der Waals surface area contributed by atoms with E-state index in [1.807, 2.05) is 11.8 Å². The van der Waals surface area contributed by atoms with Crippen molar-refractivity contribution < 1.29 is 0 Å². The van der Waals surface area contributed by atoms with E-state index in [0.717, 1.165) is 12.2 Å². The fourth-order valence-corrected chi connectivity index (χ4v) is 2.92. The molecule has 3 heteroatoms. The van der Waals surface area contributed by atoms with E-state index in [1.165, 1.54) is 42.6 Å². The Kier molecular flexibility index (Phi) is 8.97. The summed E-state index contributed by atoms with van der Waals surface area (Å²) in [6.07, 6.45) is 7.69. The lowest BCUT2D eigenvalue weighted by molar-refractivity contribution is 0.479. The SMILES string of the molecule is CCCCCCCC(NN)c1ccc(SCC)cc1. The summed E-state index contributed by atoms with van der Waals surface area (Å²) in [6, 6.07) is 9.10. The molecule has 0 bridgehead atoms. The van der Waals surface area contributed by atoms with Crippen LogP contribution < -0.4 is 11.3 Å². The zero-order valence-corrected chi connectivity index (χ0v) is 13.1. The normalized spacial score (nSPS) is 12.6. The molecule has 0 aliphatic rings. The fourth-order valence-electron chi connectivity index (χ4n) is 2.26. The van der Waals surface area contributed by atoms with Gasteiger partial charge in [-0.15, -0.1) is 11.8 Å². The van der Waals surface area contributed by atoms with Gasteiger partial charge in [-0.3, -0.25) is 11.3 Å². The van der Waals surface area contributed by atoms with Crippen molar-refractivity contribution in [1.82, 2.24) is 5.43 Å². The summed E-state index contributed by atoms with van der Waals surface area (Å²) in [5.74, 6) is 6.81. The number of benzene rings is 1. The van der Waals surface area contributed by atoms with Crippen LogP contribution in [-0.4, -0.2) is 5.75 Å². The van der Waals surface area contributed by atoms with E-state index >= 15 is 0 Å². The second kappa shape index (κ2) is 10.3. The quantitative estimate of drug-likeness (QED) is 0.283. The first kappa shape index (κ1) is 16.5. The largest absolute Gasteiger partial charge is 0.271 e. The minimum atomic E-state index is 0.294. The van der Waals surface area contributed by atoms with Crippen molar-refractivity contribution in [3.63, 3.8) is 0 Å². The number of rotatable bonds is 10. The monoisotopic (exact) mass is 280 g/mol. The number of hydrazine groups is 1. The highest BCUT2D eigenvalue weighted by Gasteiger charge is 2.08. The molecular weight excluding hydrogens is 252 g/mol. The Morgan fingerprint density at radius 2 is 1.74 bits per heavy atom. The van der Waals surface area contributed by atoms with Crippen LogP contribution in [0.25, 0.3) is 0 Å². The minimum absolute atomic E-state index is 0.294. The summed E-state index contributed by atoms with van der Waals surface area (Å²) in [6.45, 7) is 4.43. The lowest BCUT2D eigenvalue weighted by atomic mass is 10.0. The molecule has 0 fully saturated rings. The number of nitrogens with one attached hydrogen (secondary N) is 1. The van der Waals surface area contributed by atoms with Crippen molar-refractivity contribution in [1.29, 1.82) is 0 Å². The third-order valence-electron chi connectivity index (χ3n) is 3.39. The molecule has 19 heavy (non-hydrogen) atoms. The Morgan fingerprint density at radius 3 is 2.32 bits per heavy atom. The van der Waals surface area contributed by atoms with E-state index in [4.69, 9.17) is 5.84 Å². The first-order valence-corrected chi connectivity index (χ1v) is 8.49. The van der Waals surface area contributed by atoms with Gasteiger partial charge >= 0.3 is 0 Å². The highest BCUT2D eigenvalue weighted by Crippen LogP contribution is 2.23. The summed E-state index contributed by atoms with van der Waals surface area (Å²) >= 11 is 1.88. The molecule has 0 aliphatic heterocycles. The van der Waals surface area contributed by atoms with Gasteiger partial charge in [0.1, 0.15) is 0 Å². The van der Waals surface area contributed by atoms with Crippen LogP contribution in [0.5, 0.6) is 0 Å². The predicted molar refractivity (Wildman–Crippen MR) is 86.3 cm³/mol. The van der Waals surface area contributed by atoms with Gasteiger partial charge in [0.25, 0.3) is 0 Å². The van der Waals surface area contributed by atoms with E-state index < -0.39 is 0 Å². The summed E-state index contributed by atoms with van der Waals surface area (Å²) in [7, 11) is 0. The molecule has 0 aliphatic carbocycles. The van der Waals surface area contributed by atoms with Crippen molar-refractivity contribution in [2.75, 3.05) is 5.75 Å². The maximum Gasteiger partial charge on any atom is 0.0460 e. The molecular formula is C16H28N2S. The van der Waals surface area contributed by atoms with Gasteiger partial charge in [0.05, 0.1) is 0 Å². The molecule has 1 aromatic carbocycles. The molecule has 0 saturated carbocycles. The smallest absolute Gasteiger partial charge is 0.0460 e. The molecule has 0 spiro atoms. The third kappa shape index (κ3) is 6.46. The van der Waals surface area contributed by atoms with Gasteiger partial charge < -0.3 is 0 Å². The van der Waals surface area contributed by atoms with Gasteiger partial charge in [0.2, 0.25) is 0 Å². The van der Waals surface area contributed by atoms with E-state index in [0.29, 0.717) is 6.04 Å². The van der Waals surface area contributed by atoms with Crippen LogP contribution in [0.15, 0.2) is 29.2 Å². The molecule has 1 unspecified atom stereocenters. The van der Waals surface area contributed by atoms with E-state index in [9.17, 15) is 0 Å². The molecule has 0 amide bonds. The zero-order valence-electron chi connectivity index (χ0n) is 12.3. The standard InChI is InChI=1S/C16H28N2S/c1-3-5-6-7-8-9-16(18-17)14-10-12-15(13-11-14)19-4-2/h10-13,16,18H,3-9,17H2,1-2H3. The van der Waals surface area contributed by atoms with E-state index in [-0.39, 0.29) is 0 Å². The number of hydrogen-bond donors (Lipinski definition) is 2. The zero-order chi connectivity index (χ0) is 13.9. The first-order valence-electron chi connectivity index (χ1n) is 7.50. The Balaban J connectivity index is 2.40. The molecule has 1 rings (SSSR count). The van der Waals surface area contributed by atoms with Gasteiger partial charge in [-0.2, -0.15) is 0 Å². The Morgan fingerprint density at radius 1 is 1.05 bits per heavy atom. The van der Waals surface area contributed by atoms with Crippen LogP contribution in [0, 0.1) is 0 Å². The molecule has 0 saturated heterocycles. The van der Waals surface area contributed by atoms with Crippen molar-refractivity contribution >= 4 is 11.8 Å². The Hall–Kier alpha value is -0.510. The molecule has 0 radical (unpaired) electrons. The summed E-state index contributed by atoms with van der Waals surface area (Å²) in [4.78, 5) is 1.34. The van der Waals surface area contributed by atoms with Crippen molar-refractivity contribution in [2.24, 2.45) is 5.84 Å². The number of thioether (sulfide) groups is 1. The Bertz CT molecular complexity index is 324. The summed E-state index contributed by atoms with van der Waals surface area (Å²) < 4.78 is 0. The van der Waals surface area contributed by atoms with Crippen LogP contribution in [0.2, 0.25) is 0 Å². The van der Waals surface area contributed by atoms with Crippen molar-refractivity contribution in [3.05, 3.63) is 29.8 Å². The van der Waals surface area contributed by atoms with Gasteiger partial charge in [-0.1, -0.05) is 58.1 Å². The van der Waals surface area contributed by atoms with Gasteiger partial charge in [0, 0.05) is 10.9 Å². The first-order chi connectivity index (χ1) is 9.31. The highest BCUT2D eigenvalue weighted by atomic mass is 32.2. The summed E-state index contributed by atoms with van der Waals surface area (Å²) in [5, 5.41) is 0. The molecule has 0 heterocycles. The molecule has 1 aromatic rings. The average molecular weight is 280 g/mol. The molecule has 108 valence electrons. The minimum Gasteiger partial charge on any atom is -0.271 e. The van der Waals surface area contributed by atoms with Crippen LogP contribution in [0.1, 0.15) is 64.0 Å². The van der Waals surface area contributed by atoms with Gasteiger partial charge in [0.15, 0.2) is 0 Å². The van der Waals surface area contributed by atoms with Crippen LogP contribution in [0.3, 0.4) is 0 Å². The number of hydrogen-bond acceptors (Lipinski definition) is 3. The number of unbranched alkanes of at least 4 members (excludes halogenated alkanes) is 4. The third-order valence-corrected chi connectivity index (χ3v) is 4.29. The van der Waals surface area contributed by atoms with Gasteiger partial charge in [-0.25, -0.2) is 0 Å². The van der Waals surface area contributed by atoms with Crippen LogP contribution in [-0.2, 0) is 0 Å². The Labute approximate surface area is 122 Å². The number of nitrogens with two attached hydrogens (primary N) is 1. The summed E-state index contributed by atoms with van der Waals surface area (Å²) in [5.41, 5.74) is 4.26. The molecule has 2 nitrogen and oxygen atoms in total. The van der Waals surface area contributed by atoms with Crippen molar-refractivity contribution in [3.8, 4) is 0 Å². The lowest BCUT2D eigenvalue weighted by Crippen LogP contribution is -2.27. The van der Waals surface area contributed by atoms with Crippen LogP contribution in [0.4, 0.5) is 0 Å². The van der Waals surface area contributed by atoms with Crippen LogP contribution >= 0.6 is 11.8 Å². The fraction of sp³-hybridized carbons (Fsp3) is 0.625. The second-order valence-electron chi connectivity index (χ2n) is 4.92. The molecule has 0 aromatic heterocycles. The lowest BCUT2D eigenvalue weighted by Gasteiger charge is -2.16. The maximum atomic E-state index is 5.69. The van der Waals surface area contributed by atoms with Gasteiger partial charge in [-0.05, 0) is 29.9 Å². The van der Waals surface area contributed by atoms with E-state index in [1.54, 1.807) is 0 Å². The topological polar surface area (TPSA) is 38.0 Å². The van der Waals surface area contributed by atoms with Crippen molar-refractivity contribution in [2.45, 2.75) is 63.3 Å².